The molecule has 1 saturated heterocycles. The fourth-order valence-electron chi connectivity index (χ4n) is 6.83. The number of carbonyl (C=O) groups is 2. The van der Waals surface area contributed by atoms with Crippen molar-refractivity contribution in [3.8, 4) is 6.07 Å². The predicted molar refractivity (Wildman–Crippen MR) is 113 cm³/mol. The molecule has 0 aromatic heterocycles. The minimum atomic E-state index is -0.509. The summed E-state index contributed by atoms with van der Waals surface area (Å²) in [6.45, 7) is 2.38. The third kappa shape index (κ3) is 3.72. The van der Waals surface area contributed by atoms with Gasteiger partial charge in [0, 0.05) is 31.1 Å². The number of rotatable bonds is 5. The third-order valence-electron chi connectivity index (χ3n) is 8.08. The van der Waals surface area contributed by atoms with E-state index in [1.165, 1.54) is 0 Å². The molecule has 4 bridgehead atoms. The van der Waals surface area contributed by atoms with E-state index in [0.717, 1.165) is 44.2 Å². The highest BCUT2D eigenvalue weighted by Crippen LogP contribution is 2.59. The molecule has 7 nitrogen and oxygen atoms in total. The lowest BCUT2D eigenvalue weighted by atomic mass is 9.47. The van der Waals surface area contributed by atoms with Gasteiger partial charge in [-0.3, -0.25) is 14.5 Å². The second-order valence-electron chi connectivity index (χ2n) is 10.0. The first-order chi connectivity index (χ1) is 15.0. The molecule has 164 valence electrons. The summed E-state index contributed by atoms with van der Waals surface area (Å²) < 4.78 is 5.82. The van der Waals surface area contributed by atoms with Crippen LogP contribution in [0.25, 0.3) is 0 Å². The molecule has 3 unspecified atom stereocenters. The zero-order chi connectivity index (χ0) is 21.6. The van der Waals surface area contributed by atoms with E-state index in [4.69, 9.17) is 10.5 Å². The summed E-state index contributed by atoms with van der Waals surface area (Å²) in [6, 6.07) is 9.96. The van der Waals surface area contributed by atoms with Gasteiger partial charge in [0.15, 0.2) is 0 Å². The Hall–Kier alpha value is -2.43. The van der Waals surface area contributed by atoms with Crippen LogP contribution < -0.4 is 11.1 Å². The van der Waals surface area contributed by atoms with Crippen molar-refractivity contribution in [2.45, 2.75) is 50.8 Å². The highest BCUT2D eigenvalue weighted by atomic mass is 16.5. The van der Waals surface area contributed by atoms with E-state index >= 15 is 0 Å². The van der Waals surface area contributed by atoms with Crippen molar-refractivity contribution in [2.75, 3.05) is 19.7 Å². The average molecular weight is 423 g/mol. The van der Waals surface area contributed by atoms with Gasteiger partial charge in [0.25, 0.3) is 5.91 Å². The number of hydrogen-bond donors (Lipinski definition) is 2. The molecule has 1 aromatic carbocycles. The molecule has 1 aromatic rings. The SMILES string of the molecule is N#Cc1ccccc1CN1CCOC(C(=O)NC2C3CC4CC2CC(C(N)=O)(C4)C3)C1. The summed E-state index contributed by atoms with van der Waals surface area (Å²) in [5.41, 5.74) is 7.09. The number of nitriles is 1. The minimum absolute atomic E-state index is 0.0520. The van der Waals surface area contributed by atoms with E-state index in [1.54, 1.807) is 0 Å². The molecule has 4 saturated carbocycles. The minimum Gasteiger partial charge on any atom is -0.369 e. The molecule has 7 heteroatoms. The van der Waals surface area contributed by atoms with Crippen LogP contribution in [-0.4, -0.2) is 48.6 Å². The van der Waals surface area contributed by atoms with E-state index in [-0.39, 0.29) is 23.3 Å². The molecular formula is C24H30N4O3. The van der Waals surface area contributed by atoms with Crippen LogP contribution >= 0.6 is 0 Å². The number of nitrogens with two attached hydrogens (primary N) is 1. The van der Waals surface area contributed by atoms with Gasteiger partial charge in [-0.25, -0.2) is 0 Å². The van der Waals surface area contributed by atoms with Gasteiger partial charge < -0.3 is 15.8 Å². The quantitative estimate of drug-likeness (QED) is 0.749. The number of primary amides is 1. The van der Waals surface area contributed by atoms with E-state index in [0.29, 0.717) is 43.0 Å². The van der Waals surface area contributed by atoms with Crippen molar-refractivity contribution in [2.24, 2.45) is 28.9 Å². The largest absolute Gasteiger partial charge is 0.369 e. The van der Waals surface area contributed by atoms with Gasteiger partial charge in [-0.1, -0.05) is 18.2 Å². The molecule has 0 radical (unpaired) electrons. The summed E-state index contributed by atoms with van der Waals surface area (Å²) in [4.78, 5) is 27.5. The molecule has 3 N–H and O–H groups in total. The smallest absolute Gasteiger partial charge is 0.250 e. The van der Waals surface area contributed by atoms with Crippen molar-refractivity contribution in [1.82, 2.24) is 10.2 Å². The van der Waals surface area contributed by atoms with Crippen LogP contribution in [0.2, 0.25) is 0 Å². The Kier molecular flexibility index (Phi) is 5.23. The average Bonchev–Trinajstić information content (AvgIpc) is 2.76. The molecule has 1 heterocycles. The van der Waals surface area contributed by atoms with Crippen LogP contribution in [0.15, 0.2) is 24.3 Å². The molecule has 2 amide bonds. The number of amides is 2. The van der Waals surface area contributed by atoms with Crippen LogP contribution in [0.5, 0.6) is 0 Å². The number of carbonyl (C=O) groups excluding carboxylic acids is 2. The number of benzene rings is 1. The Morgan fingerprint density at radius 3 is 2.68 bits per heavy atom. The lowest BCUT2D eigenvalue weighted by molar-refractivity contribution is -0.151. The van der Waals surface area contributed by atoms with Crippen LogP contribution in [0.4, 0.5) is 0 Å². The predicted octanol–water partition coefficient (Wildman–Crippen LogP) is 1.56. The van der Waals surface area contributed by atoms with Gasteiger partial charge in [-0.05, 0) is 61.5 Å². The van der Waals surface area contributed by atoms with Gasteiger partial charge in [0.1, 0.15) is 6.10 Å². The first-order valence-corrected chi connectivity index (χ1v) is 11.4. The highest BCUT2D eigenvalue weighted by molar-refractivity contribution is 5.83. The molecule has 3 atom stereocenters. The van der Waals surface area contributed by atoms with E-state index in [1.807, 2.05) is 24.3 Å². The van der Waals surface area contributed by atoms with Crippen molar-refractivity contribution >= 4 is 11.8 Å². The first kappa shape index (κ1) is 20.5. The number of morpholine rings is 1. The molecular weight excluding hydrogens is 392 g/mol. The fraction of sp³-hybridized carbons (Fsp3) is 0.625. The number of ether oxygens (including phenoxy) is 1. The third-order valence-corrected chi connectivity index (χ3v) is 8.08. The second kappa shape index (κ2) is 7.92. The van der Waals surface area contributed by atoms with Crippen LogP contribution in [-0.2, 0) is 20.9 Å². The van der Waals surface area contributed by atoms with E-state index in [2.05, 4.69) is 16.3 Å². The van der Waals surface area contributed by atoms with Crippen molar-refractivity contribution in [3.63, 3.8) is 0 Å². The van der Waals surface area contributed by atoms with Crippen molar-refractivity contribution in [1.29, 1.82) is 5.26 Å². The van der Waals surface area contributed by atoms with Crippen LogP contribution in [0.3, 0.4) is 0 Å². The van der Waals surface area contributed by atoms with Gasteiger partial charge in [-0.15, -0.1) is 0 Å². The molecule has 4 aliphatic carbocycles. The molecule has 6 rings (SSSR count). The van der Waals surface area contributed by atoms with Crippen LogP contribution in [0.1, 0.15) is 43.2 Å². The fourth-order valence-corrected chi connectivity index (χ4v) is 6.83. The lowest BCUT2D eigenvalue weighted by Crippen LogP contribution is -2.63. The second-order valence-corrected chi connectivity index (χ2v) is 10.0. The number of nitrogens with one attached hydrogen (secondary N) is 1. The standard InChI is InChI=1S/C24H30N4O3/c25-12-16-3-1-2-4-17(16)13-28-5-6-31-20(14-28)22(29)27-21-18-7-15-8-19(21)11-24(9-15,10-18)23(26)30/h1-4,15,18-21H,5-11,13-14H2,(H2,26,30)(H,27,29). The molecule has 0 spiro atoms. The Bertz CT molecular complexity index is 910. The Morgan fingerprint density at radius 2 is 1.97 bits per heavy atom. The maximum Gasteiger partial charge on any atom is 0.250 e. The van der Waals surface area contributed by atoms with E-state index < -0.39 is 6.10 Å². The Balaban J connectivity index is 1.22. The van der Waals surface area contributed by atoms with Gasteiger partial charge in [0.2, 0.25) is 5.91 Å². The Morgan fingerprint density at radius 1 is 1.23 bits per heavy atom. The summed E-state index contributed by atoms with van der Waals surface area (Å²) >= 11 is 0. The first-order valence-electron chi connectivity index (χ1n) is 11.4. The summed E-state index contributed by atoms with van der Waals surface area (Å²) in [7, 11) is 0. The van der Waals surface area contributed by atoms with Gasteiger partial charge in [-0.2, -0.15) is 5.26 Å². The van der Waals surface area contributed by atoms with Crippen LogP contribution in [0, 0.1) is 34.5 Å². The highest BCUT2D eigenvalue weighted by Gasteiger charge is 2.58. The summed E-state index contributed by atoms with van der Waals surface area (Å²) in [6.07, 6.45) is 4.20. The van der Waals surface area contributed by atoms with Gasteiger partial charge in [0.05, 0.1) is 18.2 Å². The normalized spacial score (nSPS) is 36.7. The van der Waals surface area contributed by atoms with Crippen molar-refractivity contribution in [3.05, 3.63) is 35.4 Å². The summed E-state index contributed by atoms with van der Waals surface area (Å²) in [5.74, 6) is 1.04. The monoisotopic (exact) mass is 422 g/mol. The molecule has 31 heavy (non-hydrogen) atoms. The van der Waals surface area contributed by atoms with Gasteiger partial charge >= 0.3 is 0 Å². The lowest BCUT2D eigenvalue weighted by Gasteiger charge is -2.59. The molecule has 5 fully saturated rings. The maximum atomic E-state index is 13.1. The topological polar surface area (TPSA) is 108 Å². The maximum absolute atomic E-state index is 13.1. The summed E-state index contributed by atoms with van der Waals surface area (Å²) in [5, 5.41) is 12.6. The zero-order valence-corrected chi connectivity index (χ0v) is 17.8. The van der Waals surface area contributed by atoms with Crippen molar-refractivity contribution < 1.29 is 14.3 Å². The number of hydrogen-bond acceptors (Lipinski definition) is 5. The number of nitrogens with zero attached hydrogens (tertiary/aromatic N) is 2. The van der Waals surface area contributed by atoms with E-state index in [9.17, 15) is 14.9 Å². The molecule has 1 aliphatic heterocycles. The Labute approximate surface area is 182 Å². The zero-order valence-electron chi connectivity index (χ0n) is 17.8. The molecule has 5 aliphatic rings.